The molecule has 1 saturated heterocycles. The van der Waals surface area contributed by atoms with Gasteiger partial charge < -0.3 is 9.73 Å². The Balaban J connectivity index is 1.44. The fraction of sp³-hybridized carbons (Fsp3) is 0.438. The number of nitrogens with one attached hydrogen (secondary N) is 1. The molecule has 0 bridgehead atoms. The number of amides is 1. The summed E-state index contributed by atoms with van der Waals surface area (Å²) in [5.41, 5.74) is 0.858. The molecular formula is C16H19N3O4S. The Bertz CT molecular complexity index is 802. The number of hydrogen-bond donors (Lipinski definition) is 1. The van der Waals surface area contributed by atoms with Gasteiger partial charge in [-0.15, -0.1) is 10.2 Å². The highest BCUT2D eigenvalue weighted by Gasteiger charge is 2.28. The van der Waals surface area contributed by atoms with Gasteiger partial charge in [0.1, 0.15) is 0 Å². The second-order valence-electron chi connectivity index (χ2n) is 5.89. The minimum absolute atomic E-state index is 0.0445. The van der Waals surface area contributed by atoms with Crippen molar-refractivity contribution in [2.24, 2.45) is 0 Å². The van der Waals surface area contributed by atoms with Crippen molar-refractivity contribution < 1.29 is 17.6 Å². The molecule has 1 fully saturated rings. The van der Waals surface area contributed by atoms with Gasteiger partial charge >= 0.3 is 0 Å². The van der Waals surface area contributed by atoms with Crippen LogP contribution in [0.25, 0.3) is 11.5 Å². The van der Waals surface area contributed by atoms with Crippen molar-refractivity contribution in [2.45, 2.75) is 31.7 Å². The van der Waals surface area contributed by atoms with Crippen molar-refractivity contribution in [1.29, 1.82) is 0 Å². The van der Waals surface area contributed by atoms with E-state index in [2.05, 4.69) is 15.5 Å². The van der Waals surface area contributed by atoms with E-state index in [1.165, 1.54) is 0 Å². The molecule has 128 valence electrons. The van der Waals surface area contributed by atoms with Crippen LogP contribution in [-0.4, -0.2) is 42.1 Å². The van der Waals surface area contributed by atoms with Crippen LogP contribution in [0.15, 0.2) is 34.7 Å². The van der Waals surface area contributed by atoms with Crippen LogP contribution in [0.3, 0.4) is 0 Å². The Morgan fingerprint density at radius 2 is 2.04 bits per heavy atom. The zero-order valence-corrected chi connectivity index (χ0v) is 14.0. The number of nitrogens with zero attached hydrogens (tertiary/aromatic N) is 2. The predicted octanol–water partition coefficient (Wildman–Crippen LogP) is 1.36. The van der Waals surface area contributed by atoms with Gasteiger partial charge in [0.25, 0.3) is 0 Å². The SMILES string of the molecule is O=C(CCCc1nnc(-c2ccccc2)o1)N[C@@H]1CCS(=O)(=O)C1. The van der Waals surface area contributed by atoms with Crippen molar-refractivity contribution in [3.63, 3.8) is 0 Å². The number of benzene rings is 1. The van der Waals surface area contributed by atoms with Crippen LogP contribution < -0.4 is 5.32 Å². The van der Waals surface area contributed by atoms with Crippen LogP contribution in [0.2, 0.25) is 0 Å². The smallest absolute Gasteiger partial charge is 0.247 e. The molecule has 1 aromatic heterocycles. The minimum atomic E-state index is -2.98. The van der Waals surface area contributed by atoms with Crippen molar-refractivity contribution in [1.82, 2.24) is 15.5 Å². The highest BCUT2D eigenvalue weighted by molar-refractivity contribution is 7.91. The summed E-state index contributed by atoms with van der Waals surface area (Å²) >= 11 is 0. The predicted molar refractivity (Wildman–Crippen MR) is 87.9 cm³/mol. The van der Waals surface area contributed by atoms with Gasteiger partial charge in [0, 0.05) is 24.4 Å². The molecule has 1 atom stereocenters. The van der Waals surface area contributed by atoms with Gasteiger partial charge in [-0.25, -0.2) is 8.42 Å². The molecule has 8 heteroatoms. The fourth-order valence-electron chi connectivity index (χ4n) is 2.66. The van der Waals surface area contributed by atoms with E-state index in [0.717, 1.165) is 5.56 Å². The van der Waals surface area contributed by atoms with Crippen LogP contribution in [0, 0.1) is 0 Å². The quantitative estimate of drug-likeness (QED) is 0.845. The summed E-state index contributed by atoms with van der Waals surface area (Å²) in [5, 5.41) is 10.8. The number of rotatable bonds is 6. The zero-order valence-electron chi connectivity index (χ0n) is 13.1. The molecule has 0 aliphatic carbocycles. The number of sulfone groups is 1. The molecule has 24 heavy (non-hydrogen) atoms. The molecular weight excluding hydrogens is 330 g/mol. The molecule has 1 amide bonds. The number of aryl methyl sites for hydroxylation is 1. The molecule has 1 aliphatic rings. The second kappa shape index (κ2) is 7.12. The van der Waals surface area contributed by atoms with Gasteiger partial charge in [0.15, 0.2) is 9.84 Å². The van der Waals surface area contributed by atoms with E-state index in [4.69, 9.17) is 4.42 Å². The van der Waals surface area contributed by atoms with Crippen molar-refractivity contribution >= 4 is 15.7 Å². The van der Waals surface area contributed by atoms with Crippen molar-refractivity contribution in [2.75, 3.05) is 11.5 Å². The van der Waals surface area contributed by atoms with Crippen LogP contribution >= 0.6 is 0 Å². The molecule has 3 rings (SSSR count). The van der Waals surface area contributed by atoms with E-state index >= 15 is 0 Å². The first-order valence-corrected chi connectivity index (χ1v) is 9.71. The largest absolute Gasteiger partial charge is 0.421 e. The van der Waals surface area contributed by atoms with Gasteiger partial charge in [-0.3, -0.25) is 4.79 Å². The number of aromatic nitrogens is 2. The lowest BCUT2D eigenvalue weighted by Crippen LogP contribution is -2.35. The third-order valence-electron chi connectivity index (χ3n) is 3.88. The topological polar surface area (TPSA) is 102 Å². The Morgan fingerprint density at radius 1 is 1.25 bits per heavy atom. The average molecular weight is 349 g/mol. The standard InChI is InChI=1S/C16H19N3O4S/c20-14(17-13-9-10-24(21,22)11-13)7-4-8-15-18-19-16(23-15)12-5-2-1-3-6-12/h1-3,5-6,13H,4,7-11H2,(H,17,20)/t13-/m1/s1. The molecule has 0 spiro atoms. The van der Waals surface area contributed by atoms with Crippen LogP contribution in [0.1, 0.15) is 25.2 Å². The van der Waals surface area contributed by atoms with Crippen LogP contribution in [-0.2, 0) is 21.1 Å². The lowest BCUT2D eigenvalue weighted by molar-refractivity contribution is -0.121. The molecule has 2 aromatic rings. The molecule has 1 N–H and O–H groups in total. The summed E-state index contributed by atoms with van der Waals surface area (Å²) in [6, 6.07) is 9.23. The van der Waals surface area contributed by atoms with E-state index in [1.807, 2.05) is 30.3 Å². The van der Waals surface area contributed by atoms with Gasteiger partial charge in [0.2, 0.25) is 17.7 Å². The third-order valence-corrected chi connectivity index (χ3v) is 5.65. The molecule has 0 saturated carbocycles. The number of hydrogen-bond acceptors (Lipinski definition) is 6. The van der Waals surface area contributed by atoms with Crippen LogP contribution in [0.4, 0.5) is 0 Å². The van der Waals surface area contributed by atoms with Crippen LogP contribution in [0.5, 0.6) is 0 Å². The zero-order chi connectivity index (χ0) is 17.0. The molecule has 7 nitrogen and oxygen atoms in total. The maximum Gasteiger partial charge on any atom is 0.247 e. The summed E-state index contributed by atoms with van der Waals surface area (Å²) in [6.45, 7) is 0. The van der Waals surface area contributed by atoms with Gasteiger partial charge in [-0.1, -0.05) is 18.2 Å². The summed E-state index contributed by atoms with van der Waals surface area (Å²) in [6.07, 6.45) is 1.88. The molecule has 1 aromatic carbocycles. The summed E-state index contributed by atoms with van der Waals surface area (Å²) in [5.74, 6) is 1.02. The summed E-state index contributed by atoms with van der Waals surface area (Å²) in [7, 11) is -2.98. The summed E-state index contributed by atoms with van der Waals surface area (Å²) in [4.78, 5) is 11.9. The maximum absolute atomic E-state index is 11.9. The summed E-state index contributed by atoms with van der Waals surface area (Å²) < 4.78 is 28.3. The molecule has 0 radical (unpaired) electrons. The van der Waals surface area contributed by atoms with E-state index < -0.39 is 9.84 Å². The monoisotopic (exact) mass is 349 g/mol. The fourth-order valence-corrected chi connectivity index (χ4v) is 4.33. The van der Waals surface area contributed by atoms with E-state index in [9.17, 15) is 13.2 Å². The van der Waals surface area contributed by atoms with E-state index in [1.54, 1.807) is 0 Å². The Kier molecular flexibility index (Phi) is 4.94. The van der Waals surface area contributed by atoms with Gasteiger partial charge in [-0.2, -0.15) is 0 Å². The first-order valence-electron chi connectivity index (χ1n) is 7.89. The first-order chi connectivity index (χ1) is 11.5. The molecule has 1 aliphatic heterocycles. The third kappa shape index (κ3) is 4.41. The van der Waals surface area contributed by atoms with Crippen molar-refractivity contribution in [3.8, 4) is 11.5 Å². The van der Waals surface area contributed by atoms with E-state index in [0.29, 0.717) is 37.5 Å². The van der Waals surface area contributed by atoms with Gasteiger partial charge in [0.05, 0.1) is 11.5 Å². The Hall–Kier alpha value is -2.22. The Morgan fingerprint density at radius 3 is 2.75 bits per heavy atom. The second-order valence-corrected chi connectivity index (χ2v) is 8.12. The normalized spacial score (nSPS) is 19.2. The lowest BCUT2D eigenvalue weighted by Gasteiger charge is -2.10. The highest BCUT2D eigenvalue weighted by Crippen LogP contribution is 2.17. The molecule has 2 heterocycles. The Labute approximate surface area is 140 Å². The lowest BCUT2D eigenvalue weighted by atomic mass is 10.2. The maximum atomic E-state index is 11.9. The minimum Gasteiger partial charge on any atom is -0.421 e. The number of carbonyl (C=O) groups excluding carboxylic acids is 1. The number of carbonyl (C=O) groups is 1. The first kappa shape index (κ1) is 16.6. The highest BCUT2D eigenvalue weighted by atomic mass is 32.2. The van der Waals surface area contributed by atoms with Crippen molar-refractivity contribution in [3.05, 3.63) is 36.2 Å². The van der Waals surface area contributed by atoms with E-state index in [-0.39, 0.29) is 23.5 Å². The average Bonchev–Trinajstić information content (AvgIpc) is 3.15. The molecule has 0 unspecified atom stereocenters. The van der Waals surface area contributed by atoms with Gasteiger partial charge in [-0.05, 0) is 25.0 Å².